The summed E-state index contributed by atoms with van der Waals surface area (Å²) in [4.78, 5) is 2.53. The highest BCUT2D eigenvalue weighted by molar-refractivity contribution is 4.86. The van der Waals surface area contributed by atoms with E-state index in [1.807, 2.05) is 0 Å². The quantitative estimate of drug-likeness (QED) is 0.783. The molecule has 1 atom stereocenters. The van der Waals surface area contributed by atoms with E-state index < -0.39 is 0 Å². The molecule has 2 aliphatic rings. The fourth-order valence-electron chi connectivity index (χ4n) is 3.49. The molecule has 0 aromatic heterocycles. The zero-order chi connectivity index (χ0) is 12.8. The summed E-state index contributed by atoms with van der Waals surface area (Å²) >= 11 is 0. The molecule has 106 valence electrons. The predicted octanol–water partition coefficient (Wildman–Crippen LogP) is 2.43. The number of aliphatic hydroxyl groups excluding tert-OH is 1. The molecule has 2 rings (SSSR count). The van der Waals surface area contributed by atoms with E-state index in [0.717, 1.165) is 32.7 Å². The summed E-state index contributed by atoms with van der Waals surface area (Å²) in [5.74, 6) is 0. The van der Waals surface area contributed by atoms with Crippen molar-refractivity contribution < 1.29 is 9.84 Å². The molecule has 3 nitrogen and oxygen atoms in total. The highest BCUT2D eigenvalue weighted by Gasteiger charge is 2.33. The first kappa shape index (κ1) is 14.3. The summed E-state index contributed by atoms with van der Waals surface area (Å²) in [5.41, 5.74) is 0.173. The molecule has 1 aliphatic heterocycles. The number of hydrogen-bond acceptors (Lipinski definition) is 3. The molecule has 1 aliphatic carbocycles. The van der Waals surface area contributed by atoms with E-state index >= 15 is 0 Å². The maximum absolute atomic E-state index is 9.86. The maximum atomic E-state index is 9.86. The molecule has 0 radical (unpaired) electrons. The lowest BCUT2D eigenvalue weighted by atomic mass is 9.80. The van der Waals surface area contributed by atoms with Crippen molar-refractivity contribution in [1.29, 1.82) is 0 Å². The molecule has 0 bridgehead atoms. The van der Waals surface area contributed by atoms with Crippen molar-refractivity contribution in [3.05, 3.63) is 0 Å². The maximum Gasteiger partial charge on any atom is 0.0700 e. The van der Waals surface area contributed by atoms with Crippen molar-refractivity contribution in [2.75, 3.05) is 32.8 Å². The van der Waals surface area contributed by atoms with Gasteiger partial charge in [0.05, 0.1) is 12.7 Å². The second kappa shape index (κ2) is 6.88. The number of hydrogen-bond donors (Lipinski definition) is 1. The van der Waals surface area contributed by atoms with E-state index in [4.69, 9.17) is 4.74 Å². The van der Waals surface area contributed by atoms with Gasteiger partial charge in [-0.1, -0.05) is 32.6 Å². The average Bonchev–Trinajstić information content (AvgIpc) is 2.65. The van der Waals surface area contributed by atoms with Crippen molar-refractivity contribution in [2.24, 2.45) is 5.41 Å². The molecule has 3 heteroatoms. The van der Waals surface area contributed by atoms with Crippen LogP contribution >= 0.6 is 0 Å². The van der Waals surface area contributed by atoms with Gasteiger partial charge in [-0.15, -0.1) is 0 Å². The first-order valence-corrected chi connectivity index (χ1v) is 7.73. The second-order valence-electron chi connectivity index (χ2n) is 6.21. The molecule has 1 saturated carbocycles. The Bertz CT molecular complexity index is 237. The second-order valence-corrected chi connectivity index (χ2v) is 6.21. The zero-order valence-electron chi connectivity index (χ0n) is 11.9. The zero-order valence-corrected chi connectivity index (χ0v) is 11.9. The normalized spacial score (nSPS) is 30.0. The fraction of sp³-hybridized carbons (Fsp3) is 1.00. The van der Waals surface area contributed by atoms with E-state index in [2.05, 4.69) is 11.8 Å². The van der Waals surface area contributed by atoms with Gasteiger partial charge in [0.15, 0.2) is 0 Å². The fourth-order valence-corrected chi connectivity index (χ4v) is 3.49. The summed E-state index contributed by atoms with van der Waals surface area (Å²) in [6, 6.07) is 0. The number of nitrogens with zero attached hydrogens (tertiary/aromatic N) is 1. The monoisotopic (exact) mass is 255 g/mol. The van der Waals surface area contributed by atoms with Crippen LogP contribution in [0.5, 0.6) is 0 Å². The lowest BCUT2D eigenvalue weighted by Crippen LogP contribution is -2.48. The van der Waals surface area contributed by atoms with Crippen LogP contribution < -0.4 is 0 Å². The molecule has 1 unspecified atom stereocenters. The highest BCUT2D eigenvalue weighted by Crippen LogP contribution is 2.35. The van der Waals surface area contributed by atoms with Gasteiger partial charge in [0.25, 0.3) is 0 Å². The van der Waals surface area contributed by atoms with Crippen LogP contribution in [-0.4, -0.2) is 49.0 Å². The summed E-state index contributed by atoms with van der Waals surface area (Å²) in [6.07, 6.45) is 9.20. The molecule has 0 aromatic carbocycles. The van der Waals surface area contributed by atoms with Gasteiger partial charge in [-0.25, -0.2) is 0 Å². The summed E-state index contributed by atoms with van der Waals surface area (Å²) < 4.78 is 5.73. The van der Waals surface area contributed by atoms with Gasteiger partial charge < -0.3 is 9.84 Å². The van der Waals surface area contributed by atoms with Crippen molar-refractivity contribution in [3.8, 4) is 0 Å². The molecule has 0 aromatic rings. The third-order valence-corrected chi connectivity index (χ3v) is 4.74. The molecular weight excluding hydrogens is 226 g/mol. The van der Waals surface area contributed by atoms with E-state index in [-0.39, 0.29) is 5.41 Å². The van der Waals surface area contributed by atoms with Crippen molar-refractivity contribution in [3.63, 3.8) is 0 Å². The lowest BCUT2D eigenvalue weighted by Gasteiger charge is -2.40. The minimum absolute atomic E-state index is 0.173. The van der Waals surface area contributed by atoms with Gasteiger partial charge >= 0.3 is 0 Å². The number of ether oxygens (including phenoxy) is 1. The SMILES string of the molecule is CCC1CN(CC2(CO)CCCCCC2)CCO1. The molecule has 2 fully saturated rings. The number of morpholine rings is 1. The van der Waals surface area contributed by atoms with Crippen LogP contribution in [-0.2, 0) is 4.74 Å². The molecule has 1 N–H and O–H groups in total. The van der Waals surface area contributed by atoms with Gasteiger partial charge in [0.1, 0.15) is 0 Å². The summed E-state index contributed by atoms with van der Waals surface area (Å²) in [5, 5.41) is 9.86. The van der Waals surface area contributed by atoms with Gasteiger partial charge in [-0.3, -0.25) is 4.90 Å². The van der Waals surface area contributed by atoms with Crippen LogP contribution in [0.15, 0.2) is 0 Å². The first-order chi connectivity index (χ1) is 8.78. The smallest absolute Gasteiger partial charge is 0.0700 e. The standard InChI is InChI=1S/C15H29NO2/c1-2-14-11-16(9-10-18-14)12-15(13-17)7-5-3-4-6-8-15/h14,17H,2-13H2,1H3. The van der Waals surface area contributed by atoms with E-state index in [1.165, 1.54) is 38.5 Å². The topological polar surface area (TPSA) is 32.7 Å². The van der Waals surface area contributed by atoms with Crippen LogP contribution in [0.25, 0.3) is 0 Å². The van der Waals surface area contributed by atoms with E-state index in [9.17, 15) is 5.11 Å². The minimum atomic E-state index is 0.173. The van der Waals surface area contributed by atoms with E-state index in [1.54, 1.807) is 0 Å². The molecule has 1 heterocycles. The van der Waals surface area contributed by atoms with Crippen molar-refractivity contribution in [1.82, 2.24) is 4.90 Å². The third-order valence-electron chi connectivity index (χ3n) is 4.74. The van der Waals surface area contributed by atoms with Crippen molar-refractivity contribution >= 4 is 0 Å². The Morgan fingerprint density at radius 1 is 1.22 bits per heavy atom. The molecular formula is C15H29NO2. The Kier molecular flexibility index (Phi) is 5.46. The number of aliphatic hydroxyl groups is 1. The van der Waals surface area contributed by atoms with Gasteiger partial charge in [0.2, 0.25) is 0 Å². The largest absolute Gasteiger partial charge is 0.396 e. The third kappa shape index (κ3) is 3.69. The predicted molar refractivity (Wildman–Crippen MR) is 73.7 cm³/mol. The Labute approximate surface area is 112 Å². The molecule has 0 amide bonds. The molecule has 0 spiro atoms. The Morgan fingerprint density at radius 2 is 1.94 bits per heavy atom. The first-order valence-electron chi connectivity index (χ1n) is 7.73. The van der Waals surface area contributed by atoms with Crippen LogP contribution in [0.1, 0.15) is 51.9 Å². The van der Waals surface area contributed by atoms with Crippen LogP contribution in [0, 0.1) is 5.41 Å². The Balaban J connectivity index is 1.91. The lowest BCUT2D eigenvalue weighted by molar-refractivity contribution is -0.0510. The van der Waals surface area contributed by atoms with Crippen molar-refractivity contribution in [2.45, 2.75) is 58.0 Å². The van der Waals surface area contributed by atoms with Crippen LogP contribution in [0.2, 0.25) is 0 Å². The van der Waals surface area contributed by atoms with E-state index in [0.29, 0.717) is 12.7 Å². The van der Waals surface area contributed by atoms with Gasteiger partial charge in [0, 0.05) is 31.7 Å². The van der Waals surface area contributed by atoms with Crippen LogP contribution in [0.3, 0.4) is 0 Å². The Morgan fingerprint density at radius 3 is 2.56 bits per heavy atom. The summed E-state index contributed by atoms with van der Waals surface area (Å²) in [7, 11) is 0. The number of rotatable bonds is 4. The molecule has 18 heavy (non-hydrogen) atoms. The Hall–Kier alpha value is -0.120. The highest BCUT2D eigenvalue weighted by atomic mass is 16.5. The van der Waals surface area contributed by atoms with Gasteiger partial charge in [-0.2, -0.15) is 0 Å². The van der Waals surface area contributed by atoms with Crippen LogP contribution in [0.4, 0.5) is 0 Å². The van der Waals surface area contributed by atoms with Gasteiger partial charge in [-0.05, 0) is 19.3 Å². The molecule has 1 saturated heterocycles. The summed E-state index contributed by atoms with van der Waals surface area (Å²) in [6.45, 7) is 6.59. The average molecular weight is 255 g/mol. The minimum Gasteiger partial charge on any atom is -0.396 e.